The Balaban J connectivity index is 2.51. The minimum absolute atomic E-state index is 0.0795. The third-order valence-corrected chi connectivity index (χ3v) is 3.12. The van der Waals surface area contributed by atoms with Crippen molar-refractivity contribution in [3.8, 4) is 0 Å². The highest BCUT2D eigenvalue weighted by molar-refractivity contribution is 7.99. The maximum atomic E-state index is 12.9. The Bertz CT molecular complexity index is 114. The Labute approximate surface area is 64.4 Å². The van der Waals surface area contributed by atoms with Crippen LogP contribution in [0.15, 0.2) is 0 Å². The molecule has 0 aromatic heterocycles. The van der Waals surface area contributed by atoms with Gasteiger partial charge in [-0.05, 0) is 12.2 Å². The van der Waals surface area contributed by atoms with Crippen molar-refractivity contribution >= 4 is 11.8 Å². The summed E-state index contributed by atoms with van der Waals surface area (Å²) in [5, 5.41) is 0. The largest absolute Gasteiger partial charge is 0.252 e. The molecule has 10 heavy (non-hydrogen) atoms. The highest BCUT2D eigenvalue weighted by Gasteiger charge is 2.40. The molecule has 1 aliphatic rings. The maximum Gasteiger partial charge on any atom is 0.252 e. The van der Waals surface area contributed by atoms with Gasteiger partial charge in [0.2, 0.25) is 0 Å². The Morgan fingerprint density at radius 3 is 2.70 bits per heavy atom. The van der Waals surface area contributed by atoms with Gasteiger partial charge in [-0.15, -0.1) is 0 Å². The number of halogens is 2. The topological polar surface area (TPSA) is 0 Å². The summed E-state index contributed by atoms with van der Waals surface area (Å²) in [5.41, 5.74) is 0. The number of alkyl halides is 2. The average Bonchev–Trinajstić information content (AvgIpc) is 1.87. The lowest BCUT2D eigenvalue weighted by molar-refractivity contribution is -0.0557. The first-order valence-corrected chi connectivity index (χ1v) is 4.78. The molecule has 1 unspecified atom stereocenters. The molecule has 1 heterocycles. The molecule has 1 aliphatic heterocycles. The van der Waals surface area contributed by atoms with Crippen molar-refractivity contribution in [2.45, 2.75) is 25.7 Å². The molecule has 0 radical (unpaired) electrons. The van der Waals surface area contributed by atoms with E-state index >= 15 is 0 Å². The van der Waals surface area contributed by atoms with E-state index in [1.54, 1.807) is 11.8 Å². The quantitative estimate of drug-likeness (QED) is 0.577. The van der Waals surface area contributed by atoms with Gasteiger partial charge in [0.05, 0.1) is 0 Å². The van der Waals surface area contributed by atoms with Crippen LogP contribution in [-0.4, -0.2) is 17.4 Å². The molecule has 0 amide bonds. The van der Waals surface area contributed by atoms with Crippen LogP contribution in [-0.2, 0) is 0 Å². The molecule has 0 spiro atoms. The van der Waals surface area contributed by atoms with Crippen LogP contribution < -0.4 is 0 Å². The summed E-state index contributed by atoms with van der Waals surface area (Å²) in [6.45, 7) is 1.84. The molecule has 0 saturated carbocycles. The average molecular weight is 166 g/mol. The predicted octanol–water partition coefficient (Wildman–Crippen LogP) is 2.78. The molecule has 60 valence electrons. The van der Waals surface area contributed by atoms with Crippen molar-refractivity contribution in [2.24, 2.45) is 5.92 Å². The van der Waals surface area contributed by atoms with Crippen LogP contribution in [0, 0.1) is 5.92 Å². The summed E-state index contributed by atoms with van der Waals surface area (Å²) in [6.07, 6.45) is 0.691. The molecule has 0 nitrogen and oxygen atoms in total. The van der Waals surface area contributed by atoms with Gasteiger partial charge in [0.1, 0.15) is 0 Å². The smallest absolute Gasteiger partial charge is 0.207 e. The summed E-state index contributed by atoms with van der Waals surface area (Å²) >= 11 is 1.65. The van der Waals surface area contributed by atoms with E-state index in [1.807, 2.05) is 6.92 Å². The molecular weight excluding hydrogens is 154 g/mol. The van der Waals surface area contributed by atoms with Gasteiger partial charge < -0.3 is 0 Å². The summed E-state index contributed by atoms with van der Waals surface area (Å²) in [6, 6.07) is 0. The molecule has 0 aromatic rings. The van der Waals surface area contributed by atoms with Crippen molar-refractivity contribution < 1.29 is 8.78 Å². The van der Waals surface area contributed by atoms with Crippen molar-refractivity contribution in [1.29, 1.82) is 0 Å². The second-order valence-corrected chi connectivity index (χ2v) is 3.84. The summed E-state index contributed by atoms with van der Waals surface area (Å²) < 4.78 is 25.7. The summed E-state index contributed by atoms with van der Waals surface area (Å²) in [7, 11) is 0. The third-order valence-electron chi connectivity index (χ3n) is 1.99. The SMILES string of the molecule is CCC1CSCCC1(F)F. The van der Waals surface area contributed by atoms with Crippen LogP contribution in [0.25, 0.3) is 0 Å². The highest BCUT2D eigenvalue weighted by Crippen LogP contribution is 2.38. The van der Waals surface area contributed by atoms with Crippen LogP contribution in [0.1, 0.15) is 19.8 Å². The van der Waals surface area contributed by atoms with E-state index in [1.165, 1.54) is 0 Å². The second kappa shape index (κ2) is 3.07. The van der Waals surface area contributed by atoms with E-state index in [0.29, 0.717) is 17.9 Å². The fraction of sp³-hybridized carbons (Fsp3) is 1.00. The van der Waals surface area contributed by atoms with Crippen molar-refractivity contribution in [3.63, 3.8) is 0 Å². The molecule has 1 rings (SSSR count). The van der Waals surface area contributed by atoms with E-state index < -0.39 is 5.92 Å². The minimum atomic E-state index is -2.38. The Morgan fingerprint density at radius 1 is 1.60 bits per heavy atom. The molecule has 0 aliphatic carbocycles. The molecule has 3 heteroatoms. The van der Waals surface area contributed by atoms with Gasteiger partial charge in [-0.25, -0.2) is 8.78 Å². The van der Waals surface area contributed by atoms with Gasteiger partial charge in [-0.2, -0.15) is 11.8 Å². The standard InChI is InChI=1S/C7H12F2S/c1-2-6-5-10-4-3-7(6,8)9/h6H,2-5H2,1H3. The maximum absolute atomic E-state index is 12.9. The lowest BCUT2D eigenvalue weighted by Crippen LogP contribution is -2.33. The second-order valence-electron chi connectivity index (χ2n) is 2.69. The highest BCUT2D eigenvalue weighted by atomic mass is 32.2. The lowest BCUT2D eigenvalue weighted by Gasteiger charge is -2.29. The van der Waals surface area contributed by atoms with E-state index in [0.717, 1.165) is 0 Å². The molecule has 0 N–H and O–H groups in total. The Morgan fingerprint density at radius 2 is 2.30 bits per heavy atom. The minimum Gasteiger partial charge on any atom is -0.207 e. The van der Waals surface area contributed by atoms with Crippen molar-refractivity contribution in [3.05, 3.63) is 0 Å². The summed E-state index contributed by atoms with van der Waals surface area (Å²) in [4.78, 5) is 0. The van der Waals surface area contributed by atoms with Gasteiger partial charge in [0.25, 0.3) is 5.92 Å². The van der Waals surface area contributed by atoms with Gasteiger partial charge in [0, 0.05) is 18.1 Å². The molecule has 0 aromatic carbocycles. The third kappa shape index (κ3) is 1.62. The number of rotatable bonds is 1. The lowest BCUT2D eigenvalue weighted by atomic mass is 9.98. The van der Waals surface area contributed by atoms with Crippen LogP contribution in [0.4, 0.5) is 8.78 Å². The first-order valence-electron chi connectivity index (χ1n) is 3.62. The van der Waals surface area contributed by atoms with Crippen molar-refractivity contribution in [2.75, 3.05) is 11.5 Å². The molecule has 1 fully saturated rings. The zero-order valence-electron chi connectivity index (χ0n) is 6.07. The molecule has 1 saturated heterocycles. The monoisotopic (exact) mass is 166 g/mol. The van der Waals surface area contributed by atoms with E-state index in [2.05, 4.69) is 0 Å². The Hall–Kier alpha value is 0.210. The van der Waals surface area contributed by atoms with Gasteiger partial charge in [-0.3, -0.25) is 0 Å². The number of thioether (sulfide) groups is 1. The van der Waals surface area contributed by atoms with Crippen LogP contribution in [0.5, 0.6) is 0 Å². The normalized spacial score (nSPS) is 32.1. The first kappa shape index (κ1) is 8.31. The zero-order valence-corrected chi connectivity index (χ0v) is 6.89. The fourth-order valence-electron chi connectivity index (χ4n) is 1.18. The van der Waals surface area contributed by atoms with E-state index in [4.69, 9.17) is 0 Å². The zero-order chi connectivity index (χ0) is 7.61. The number of hydrogen-bond donors (Lipinski definition) is 0. The Kier molecular flexibility index (Phi) is 2.55. The van der Waals surface area contributed by atoms with Crippen LogP contribution in [0.3, 0.4) is 0 Å². The van der Waals surface area contributed by atoms with Gasteiger partial charge in [0.15, 0.2) is 0 Å². The van der Waals surface area contributed by atoms with Gasteiger partial charge in [-0.1, -0.05) is 6.92 Å². The van der Waals surface area contributed by atoms with Gasteiger partial charge >= 0.3 is 0 Å². The fourth-order valence-corrected chi connectivity index (χ4v) is 2.52. The first-order chi connectivity index (χ1) is 4.67. The van der Waals surface area contributed by atoms with Crippen LogP contribution >= 0.6 is 11.8 Å². The van der Waals surface area contributed by atoms with E-state index in [9.17, 15) is 8.78 Å². The van der Waals surface area contributed by atoms with Crippen molar-refractivity contribution in [1.82, 2.24) is 0 Å². The van der Waals surface area contributed by atoms with Crippen LogP contribution in [0.2, 0.25) is 0 Å². The molecule has 1 atom stereocenters. The van der Waals surface area contributed by atoms with E-state index in [-0.39, 0.29) is 12.3 Å². The predicted molar refractivity (Wildman–Crippen MR) is 40.7 cm³/mol. The summed E-state index contributed by atoms with van der Waals surface area (Å²) in [5.74, 6) is -1.47. The molecule has 0 bridgehead atoms. The molecular formula is C7H12F2S. The number of hydrogen-bond acceptors (Lipinski definition) is 1.